The molecule has 116 valence electrons. The van der Waals surface area contributed by atoms with Crippen LogP contribution in [-0.2, 0) is 4.79 Å². The van der Waals surface area contributed by atoms with Gasteiger partial charge >= 0.3 is 0 Å². The van der Waals surface area contributed by atoms with E-state index >= 15 is 0 Å². The van der Waals surface area contributed by atoms with E-state index in [1.54, 1.807) is 24.3 Å². The third-order valence-corrected chi connectivity index (χ3v) is 3.63. The van der Waals surface area contributed by atoms with Gasteiger partial charge < -0.3 is 20.5 Å². The van der Waals surface area contributed by atoms with Gasteiger partial charge in [-0.15, -0.1) is 0 Å². The predicted molar refractivity (Wildman–Crippen MR) is 91.3 cm³/mol. The van der Waals surface area contributed by atoms with Crippen LogP contribution in [0.3, 0.4) is 0 Å². The zero-order valence-corrected chi connectivity index (χ0v) is 12.5. The second-order valence-electron chi connectivity index (χ2n) is 5.12. The fourth-order valence-corrected chi connectivity index (χ4v) is 2.45. The van der Waals surface area contributed by atoms with Crippen LogP contribution in [0.15, 0.2) is 72.1 Å². The van der Waals surface area contributed by atoms with Gasteiger partial charge in [0, 0.05) is 5.70 Å². The summed E-state index contributed by atoms with van der Waals surface area (Å²) < 4.78 is 0. The molecule has 0 amide bonds. The highest BCUT2D eigenvalue weighted by molar-refractivity contribution is 6.11. The lowest BCUT2D eigenvalue weighted by Crippen LogP contribution is -2.32. The molecule has 0 fully saturated rings. The first-order chi connectivity index (χ1) is 11.1. The second kappa shape index (κ2) is 6.08. The van der Waals surface area contributed by atoms with Gasteiger partial charge in [0.05, 0.1) is 17.1 Å². The van der Waals surface area contributed by atoms with E-state index in [1.165, 1.54) is 19.1 Å². The molecule has 1 aliphatic heterocycles. The van der Waals surface area contributed by atoms with E-state index in [0.29, 0.717) is 10.1 Å². The summed E-state index contributed by atoms with van der Waals surface area (Å²) in [7, 11) is 0. The average Bonchev–Trinajstić information content (AvgIpc) is 2.59. The van der Waals surface area contributed by atoms with E-state index < -0.39 is 5.78 Å². The zero-order chi connectivity index (χ0) is 16.4. The molecule has 23 heavy (non-hydrogen) atoms. The number of fused-ring (bicyclic) bond motifs is 1. The molecule has 0 atom stereocenters. The van der Waals surface area contributed by atoms with Crippen LogP contribution >= 0.6 is 0 Å². The van der Waals surface area contributed by atoms with Crippen molar-refractivity contribution in [2.75, 3.05) is 10.1 Å². The number of carbonyl (C=O) groups is 1. The molecule has 2 aromatic rings. The SMILES string of the molecule is CC1=C(C(=O)/C=C/c2ccccc2)N([O-])c2ccccc2N1[O-]. The van der Waals surface area contributed by atoms with Crippen LogP contribution in [0.5, 0.6) is 0 Å². The molecule has 3 rings (SSSR count). The molecule has 5 nitrogen and oxygen atoms in total. The van der Waals surface area contributed by atoms with Gasteiger partial charge in [-0.2, -0.15) is 0 Å². The summed E-state index contributed by atoms with van der Waals surface area (Å²) in [6.45, 7) is 1.47. The highest BCUT2D eigenvalue weighted by Gasteiger charge is 2.22. The molecule has 0 saturated carbocycles. The van der Waals surface area contributed by atoms with E-state index in [1.807, 2.05) is 30.3 Å². The van der Waals surface area contributed by atoms with E-state index in [-0.39, 0.29) is 22.8 Å². The lowest BCUT2D eigenvalue weighted by atomic mass is 10.1. The second-order valence-corrected chi connectivity index (χ2v) is 5.12. The van der Waals surface area contributed by atoms with Gasteiger partial charge in [0.2, 0.25) is 5.78 Å². The Labute approximate surface area is 133 Å². The monoisotopic (exact) mass is 306 g/mol. The summed E-state index contributed by atoms with van der Waals surface area (Å²) in [5.41, 5.74) is 1.17. The van der Waals surface area contributed by atoms with Gasteiger partial charge in [-0.3, -0.25) is 4.79 Å². The van der Waals surface area contributed by atoms with Crippen molar-refractivity contribution in [1.82, 2.24) is 0 Å². The fourth-order valence-electron chi connectivity index (χ4n) is 2.45. The van der Waals surface area contributed by atoms with Gasteiger partial charge in [-0.25, -0.2) is 0 Å². The van der Waals surface area contributed by atoms with Gasteiger partial charge in [0.25, 0.3) is 0 Å². The van der Waals surface area contributed by atoms with E-state index in [0.717, 1.165) is 5.56 Å². The number of para-hydroxylation sites is 2. The van der Waals surface area contributed by atoms with Crippen molar-refractivity contribution in [3.8, 4) is 0 Å². The normalized spacial score (nSPS) is 14.4. The number of hydrogen-bond donors (Lipinski definition) is 0. The van der Waals surface area contributed by atoms with Crippen LogP contribution in [0.4, 0.5) is 11.4 Å². The first-order valence-corrected chi connectivity index (χ1v) is 7.11. The largest absolute Gasteiger partial charge is 0.754 e. The third kappa shape index (κ3) is 2.75. The van der Waals surface area contributed by atoms with Crippen LogP contribution in [0, 0.1) is 10.4 Å². The molecular weight excluding hydrogens is 292 g/mol. The Balaban J connectivity index is 1.94. The topological polar surface area (TPSA) is 69.7 Å². The van der Waals surface area contributed by atoms with Crippen molar-refractivity contribution < 1.29 is 4.79 Å². The summed E-state index contributed by atoms with van der Waals surface area (Å²) in [6, 6.07) is 15.7. The van der Waals surface area contributed by atoms with Crippen molar-refractivity contribution in [1.29, 1.82) is 0 Å². The van der Waals surface area contributed by atoms with Crippen molar-refractivity contribution in [2.45, 2.75) is 6.92 Å². The standard InChI is InChI=1S/C18H14N2O3/c1-13-18(17(21)12-11-14-7-3-2-4-8-14)20(23)16-10-6-5-9-15(16)19(13)22/h2-12H,1H3/q-2/b12-11+. The van der Waals surface area contributed by atoms with Crippen LogP contribution in [0.25, 0.3) is 6.08 Å². The van der Waals surface area contributed by atoms with E-state index in [2.05, 4.69) is 0 Å². The molecule has 1 heterocycles. The maximum Gasteiger partial charge on any atom is 0.203 e. The Bertz CT molecular complexity index is 797. The van der Waals surface area contributed by atoms with Crippen molar-refractivity contribution in [2.24, 2.45) is 0 Å². The zero-order valence-electron chi connectivity index (χ0n) is 12.5. The summed E-state index contributed by atoms with van der Waals surface area (Å²) in [6.07, 6.45) is 2.92. The molecular formula is C18H14N2O3-2. The van der Waals surface area contributed by atoms with Crippen molar-refractivity contribution >= 4 is 23.2 Å². The molecule has 0 unspecified atom stereocenters. The number of carbonyl (C=O) groups excluding carboxylic acids is 1. The lowest BCUT2D eigenvalue weighted by Gasteiger charge is -2.46. The number of allylic oxidation sites excluding steroid dienone is 2. The number of anilines is 2. The Morgan fingerprint density at radius 3 is 2.13 bits per heavy atom. The summed E-state index contributed by atoms with van der Waals surface area (Å²) in [4.78, 5) is 12.4. The van der Waals surface area contributed by atoms with E-state index in [4.69, 9.17) is 0 Å². The van der Waals surface area contributed by atoms with Crippen molar-refractivity contribution in [3.05, 3.63) is 88.0 Å². The van der Waals surface area contributed by atoms with Crippen LogP contribution < -0.4 is 10.1 Å². The number of hydrogen-bond acceptors (Lipinski definition) is 5. The smallest absolute Gasteiger partial charge is 0.203 e. The maximum atomic E-state index is 12.5. The minimum Gasteiger partial charge on any atom is -0.754 e. The highest BCUT2D eigenvalue weighted by atomic mass is 16.5. The number of nitrogens with zero attached hydrogens (tertiary/aromatic N) is 2. The maximum absolute atomic E-state index is 12.5. The average molecular weight is 306 g/mol. The molecule has 0 aliphatic carbocycles. The molecule has 2 aromatic carbocycles. The molecule has 0 radical (unpaired) electrons. The predicted octanol–water partition coefficient (Wildman–Crippen LogP) is 3.82. The third-order valence-electron chi connectivity index (χ3n) is 3.63. The number of benzene rings is 2. The lowest BCUT2D eigenvalue weighted by molar-refractivity contribution is -0.111. The Morgan fingerprint density at radius 1 is 0.913 bits per heavy atom. The summed E-state index contributed by atoms with van der Waals surface area (Å²) >= 11 is 0. The van der Waals surface area contributed by atoms with E-state index in [9.17, 15) is 15.2 Å². The summed E-state index contributed by atoms with van der Waals surface area (Å²) in [5, 5.41) is 25.9. The highest BCUT2D eigenvalue weighted by Crippen LogP contribution is 2.38. The van der Waals surface area contributed by atoms with Crippen LogP contribution in [-0.4, -0.2) is 5.78 Å². The molecule has 0 aromatic heterocycles. The number of ketones is 1. The van der Waals surface area contributed by atoms with Gasteiger partial charge in [0.15, 0.2) is 0 Å². The molecule has 0 N–H and O–H groups in total. The van der Waals surface area contributed by atoms with Gasteiger partial charge in [-0.1, -0.05) is 48.5 Å². The molecule has 0 spiro atoms. The molecule has 1 aliphatic rings. The molecule has 5 heteroatoms. The van der Waals surface area contributed by atoms with Crippen molar-refractivity contribution in [3.63, 3.8) is 0 Å². The first kappa shape index (κ1) is 15.0. The Morgan fingerprint density at radius 2 is 1.48 bits per heavy atom. The summed E-state index contributed by atoms with van der Waals surface area (Å²) in [5.74, 6) is -0.503. The number of rotatable bonds is 3. The van der Waals surface area contributed by atoms with Gasteiger partial charge in [-0.05, 0) is 30.7 Å². The first-order valence-electron chi connectivity index (χ1n) is 7.11. The fraction of sp³-hybridized carbons (Fsp3) is 0.0556. The molecule has 0 saturated heterocycles. The Hall–Kier alpha value is -2.89. The quantitative estimate of drug-likeness (QED) is 0.806. The molecule has 0 bridgehead atoms. The van der Waals surface area contributed by atoms with Gasteiger partial charge in [0.1, 0.15) is 0 Å². The Kier molecular flexibility index (Phi) is 3.97. The van der Waals surface area contributed by atoms with Crippen LogP contribution in [0.1, 0.15) is 12.5 Å². The number of hydroxylamine groups is 2. The van der Waals surface area contributed by atoms with Crippen LogP contribution in [0.2, 0.25) is 0 Å². The minimum atomic E-state index is -0.503. The minimum absolute atomic E-state index is 0.0846.